The molecule has 1 rings (SSSR count). The Hall–Kier alpha value is -1.51. The molecule has 0 bridgehead atoms. The van der Waals surface area contributed by atoms with Crippen molar-refractivity contribution in [3.05, 3.63) is 34.5 Å². The number of aromatic nitrogens is 2. The number of allylic oxidation sites excluding steroid dienone is 2. The van der Waals surface area contributed by atoms with E-state index in [4.69, 9.17) is 0 Å². The van der Waals surface area contributed by atoms with Gasteiger partial charge in [-0.05, 0) is 25.5 Å². The number of imidazole rings is 1. The summed E-state index contributed by atoms with van der Waals surface area (Å²) in [6.45, 7) is 7.46. The molecule has 1 aromatic rings. The third-order valence-electron chi connectivity index (χ3n) is 1.79. The molecule has 0 aliphatic rings. The monoisotopic (exact) mass is 164 g/mol. The van der Waals surface area contributed by atoms with Gasteiger partial charge in [0.1, 0.15) is 0 Å². The van der Waals surface area contributed by atoms with Gasteiger partial charge >= 0.3 is 5.69 Å². The Bertz CT molecular complexity index is 368. The van der Waals surface area contributed by atoms with Crippen molar-refractivity contribution >= 4 is 11.6 Å². The molecule has 3 nitrogen and oxygen atoms in total. The maximum atomic E-state index is 10.9. The van der Waals surface area contributed by atoms with Crippen LogP contribution in [-0.4, -0.2) is 9.97 Å². The van der Waals surface area contributed by atoms with Crippen LogP contribution in [0.5, 0.6) is 0 Å². The molecular formula is C9H12N2O. The van der Waals surface area contributed by atoms with Gasteiger partial charge in [-0.1, -0.05) is 12.7 Å². The van der Waals surface area contributed by atoms with Crippen molar-refractivity contribution in [3.8, 4) is 0 Å². The first-order valence-corrected chi connectivity index (χ1v) is 3.77. The highest BCUT2D eigenvalue weighted by Crippen LogP contribution is 2.13. The molecule has 0 spiro atoms. The predicted molar refractivity (Wildman–Crippen MR) is 50.8 cm³/mol. The molecule has 1 aromatic heterocycles. The molecule has 2 N–H and O–H groups in total. The molecule has 0 aliphatic heterocycles. The van der Waals surface area contributed by atoms with Gasteiger partial charge in [0.25, 0.3) is 0 Å². The molecule has 0 unspecified atom stereocenters. The summed E-state index contributed by atoms with van der Waals surface area (Å²) in [6, 6.07) is 0. The highest BCUT2D eigenvalue weighted by molar-refractivity contribution is 5.67. The number of rotatable bonds is 2. The topological polar surface area (TPSA) is 48.6 Å². The number of hydrogen-bond donors (Lipinski definition) is 2. The molecule has 0 aromatic carbocycles. The lowest BCUT2D eigenvalue weighted by Crippen LogP contribution is -2.00. The molecule has 12 heavy (non-hydrogen) atoms. The van der Waals surface area contributed by atoms with Crippen LogP contribution < -0.4 is 5.69 Å². The molecule has 0 atom stereocenters. The third kappa shape index (κ3) is 1.39. The third-order valence-corrected chi connectivity index (χ3v) is 1.79. The van der Waals surface area contributed by atoms with Gasteiger partial charge in [0.2, 0.25) is 0 Å². The average molecular weight is 164 g/mol. The largest absolute Gasteiger partial charge is 0.323 e. The van der Waals surface area contributed by atoms with Gasteiger partial charge in [0.15, 0.2) is 0 Å². The van der Waals surface area contributed by atoms with Crippen LogP contribution in [0.15, 0.2) is 17.4 Å². The minimum absolute atomic E-state index is 0.193. The predicted octanol–water partition coefficient (Wildman–Crippen LogP) is 1.77. The number of hydrogen-bond acceptors (Lipinski definition) is 1. The Balaban J connectivity index is 3.31. The molecule has 0 aliphatic carbocycles. The van der Waals surface area contributed by atoms with E-state index >= 15 is 0 Å². The lowest BCUT2D eigenvalue weighted by atomic mass is 10.2. The van der Waals surface area contributed by atoms with E-state index in [9.17, 15) is 4.79 Å². The molecule has 0 saturated heterocycles. The van der Waals surface area contributed by atoms with Crippen LogP contribution in [0.2, 0.25) is 0 Å². The summed E-state index contributed by atoms with van der Waals surface area (Å²) in [4.78, 5) is 16.2. The zero-order valence-corrected chi connectivity index (χ0v) is 7.27. The molecule has 64 valence electrons. The molecule has 0 amide bonds. The van der Waals surface area contributed by atoms with E-state index in [1.165, 1.54) is 0 Å². The zero-order chi connectivity index (χ0) is 9.14. The van der Waals surface area contributed by atoms with E-state index in [0.29, 0.717) is 0 Å². The fourth-order valence-electron chi connectivity index (χ4n) is 1.01. The molecule has 0 fully saturated rings. The molecule has 3 heteroatoms. The average Bonchev–Trinajstić information content (AvgIpc) is 2.45. The van der Waals surface area contributed by atoms with Gasteiger partial charge in [-0.25, -0.2) is 4.79 Å². The summed E-state index contributed by atoms with van der Waals surface area (Å²) >= 11 is 0. The van der Waals surface area contributed by atoms with Crippen molar-refractivity contribution in [2.45, 2.75) is 13.8 Å². The highest BCUT2D eigenvalue weighted by atomic mass is 16.1. The Labute approximate surface area is 70.8 Å². The number of aromatic amines is 2. The Morgan fingerprint density at radius 3 is 2.67 bits per heavy atom. The van der Waals surface area contributed by atoms with Gasteiger partial charge in [0, 0.05) is 0 Å². The van der Waals surface area contributed by atoms with E-state index in [1.807, 2.05) is 19.9 Å². The second-order valence-corrected chi connectivity index (χ2v) is 2.54. The van der Waals surface area contributed by atoms with Crippen molar-refractivity contribution < 1.29 is 0 Å². The van der Waals surface area contributed by atoms with Gasteiger partial charge in [-0.15, -0.1) is 0 Å². The summed E-state index contributed by atoms with van der Waals surface area (Å²) < 4.78 is 0. The van der Waals surface area contributed by atoms with E-state index in [1.54, 1.807) is 6.08 Å². The van der Waals surface area contributed by atoms with Crippen LogP contribution in [0.3, 0.4) is 0 Å². The molecule has 0 saturated carbocycles. The van der Waals surface area contributed by atoms with Crippen molar-refractivity contribution in [1.82, 2.24) is 9.97 Å². The van der Waals surface area contributed by atoms with E-state index in [-0.39, 0.29) is 5.69 Å². The maximum Gasteiger partial charge on any atom is 0.323 e. The Morgan fingerprint density at radius 2 is 2.17 bits per heavy atom. The van der Waals surface area contributed by atoms with Gasteiger partial charge < -0.3 is 9.97 Å². The second kappa shape index (κ2) is 3.26. The van der Waals surface area contributed by atoms with Crippen molar-refractivity contribution in [2.24, 2.45) is 0 Å². The Morgan fingerprint density at radius 1 is 1.50 bits per heavy atom. The highest BCUT2D eigenvalue weighted by Gasteiger charge is 2.03. The number of H-pyrrole nitrogens is 2. The summed E-state index contributed by atoms with van der Waals surface area (Å²) in [5.41, 5.74) is 2.40. The first-order chi connectivity index (χ1) is 5.69. The van der Waals surface area contributed by atoms with Gasteiger partial charge in [-0.3, -0.25) is 0 Å². The standard InChI is InChI=1S/C9H12N2O/c1-4-6(3)8-7(5-2)10-9(12)11-8/h4-5H,2H2,1,3H3,(H2,10,11,12)/b6-4-. The summed E-state index contributed by atoms with van der Waals surface area (Å²) in [5.74, 6) is 0. The molecule has 0 radical (unpaired) electrons. The quantitative estimate of drug-likeness (QED) is 0.687. The fraction of sp³-hybridized carbons (Fsp3) is 0.222. The van der Waals surface area contributed by atoms with E-state index in [0.717, 1.165) is 17.0 Å². The SMILES string of the molecule is C=Cc1[nH]c(=O)[nH]c1/C(C)=C\C. The fourth-order valence-corrected chi connectivity index (χ4v) is 1.01. The van der Waals surface area contributed by atoms with Gasteiger partial charge in [0.05, 0.1) is 11.4 Å². The van der Waals surface area contributed by atoms with Crippen LogP contribution in [0, 0.1) is 0 Å². The summed E-state index contributed by atoms with van der Waals surface area (Å²) in [6.07, 6.45) is 3.56. The van der Waals surface area contributed by atoms with Crippen LogP contribution in [0.1, 0.15) is 25.2 Å². The lowest BCUT2D eigenvalue weighted by Gasteiger charge is -1.96. The van der Waals surface area contributed by atoms with Crippen molar-refractivity contribution in [1.29, 1.82) is 0 Å². The van der Waals surface area contributed by atoms with E-state index in [2.05, 4.69) is 16.5 Å². The van der Waals surface area contributed by atoms with Crippen molar-refractivity contribution in [2.75, 3.05) is 0 Å². The minimum atomic E-state index is -0.193. The van der Waals surface area contributed by atoms with Crippen LogP contribution >= 0.6 is 0 Å². The smallest absolute Gasteiger partial charge is 0.306 e. The summed E-state index contributed by atoms with van der Waals surface area (Å²) in [7, 11) is 0. The first kappa shape index (κ1) is 8.59. The van der Waals surface area contributed by atoms with Gasteiger partial charge in [-0.2, -0.15) is 0 Å². The van der Waals surface area contributed by atoms with Crippen LogP contribution in [0.4, 0.5) is 0 Å². The number of nitrogens with one attached hydrogen (secondary N) is 2. The molecule has 1 heterocycles. The maximum absolute atomic E-state index is 10.9. The summed E-state index contributed by atoms with van der Waals surface area (Å²) in [5, 5.41) is 0. The first-order valence-electron chi connectivity index (χ1n) is 3.77. The molecular weight excluding hydrogens is 152 g/mol. The minimum Gasteiger partial charge on any atom is -0.306 e. The lowest BCUT2D eigenvalue weighted by molar-refractivity contribution is 1.18. The van der Waals surface area contributed by atoms with Crippen LogP contribution in [0.25, 0.3) is 11.6 Å². The van der Waals surface area contributed by atoms with E-state index < -0.39 is 0 Å². The van der Waals surface area contributed by atoms with Crippen molar-refractivity contribution in [3.63, 3.8) is 0 Å². The zero-order valence-electron chi connectivity index (χ0n) is 7.27. The Kier molecular flexibility index (Phi) is 2.33. The second-order valence-electron chi connectivity index (χ2n) is 2.54. The van der Waals surface area contributed by atoms with Crippen LogP contribution in [-0.2, 0) is 0 Å². The normalized spacial score (nSPS) is 11.7.